The maximum Gasteiger partial charge on any atom is 0.145 e. The SMILES string of the molecule is Cn1c(-c2cc(N)n[nH]2)cc2ccc(F)cc21. The largest absolute Gasteiger partial charge is 0.382 e. The Labute approximate surface area is 96.9 Å². The molecule has 17 heavy (non-hydrogen) atoms. The number of anilines is 1. The molecular formula is C12H11FN4. The fraction of sp³-hybridized carbons (Fsp3) is 0.0833. The van der Waals surface area contributed by atoms with Gasteiger partial charge in [0.15, 0.2) is 0 Å². The van der Waals surface area contributed by atoms with Gasteiger partial charge in [-0.05, 0) is 24.3 Å². The summed E-state index contributed by atoms with van der Waals surface area (Å²) in [7, 11) is 1.88. The van der Waals surface area contributed by atoms with Crippen LogP contribution >= 0.6 is 0 Å². The first-order valence-corrected chi connectivity index (χ1v) is 5.21. The minimum Gasteiger partial charge on any atom is -0.382 e. The van der Waals surface area contributed by atoms with Crippen LogP contribution in [0.3, 0.4) is 0 Å². The first-order valence-electron chi connectivity index (χ1n) is 5.21. The van der Waals surface area contributed by atoms with Crippen LogP contribution < -0.4 is 5.73 Å². The summed E-state index contributed by atoms with van der Waals surface area (Å²) in [6, 6.07) is 8.45. The molecule has 0 unspecified atom stereocenters. The number of H-pyrrole nitrogens is 1. The highest BCUT2D eigenvalue weighted by Crippen LogP contribution is 2.27. The predicted molar refractivity (Wildman–Crippen MR) is 64.9 cm³/mol. The molecule has 0 aliphatic rings. The Morgan fingerprint density at radius 1 is 1.29 bits per heavy atom. The minimum atomic E-state index is -0.241. The van der Waals surface area contributed by atoms with Gasteiger partial charge in [0.2, 0.25) is 0 Å². The molecule has 0 saturated heterocycles. The second-order valence-corrected chi connectivity index (χ2v) is 4.00. The Morgan fingerprint density at radius 2 is 2.12 bits per heavy atom. The lowest BCUT2D eigenvalue weighted by molar-refractivity contribution is 0.629. The van der Waals surface area contributed by atoms with Gasteiger partial charge in [-0.1, -0.05) is 0 Å². The Kier molecular flexibility index (Phi) is 1.95. The van der Waals surface area contributed by atoms with Crippen molar-refractivity contribution in [2.24, 2.45) is 7.05 Å². The number of nitrogens with zero attached hydrogens (tertiary/aromatic N) is 2. The van der Waals surface area contributed by atoms with E-state index in [0.29, 0.717) is 5.82 Å². The number of aromatic amines is 1. The van der Waals surface area contributed by atoms with Crippen molar-refractivity contribution in [2.75, 3.05) is 5.73 Å². The van der Waals surface area contributed by atoms with Crippen LogP contribution in [0.25, 0.3) is 22.3 Å². The van der Waals surface area contributed by atoms with E-state index in [0.717, 1.165) is 22.3 Å². The average molecular weight is 230 g/mol. The van der Waals surface area contributed by atoms with E-state index in [2.05, 4.69) is 10.2 Å². The molecule has 0 radical (unpaired) electrons. The van der Waals surface area contributed by atoms with Gasteiger partial charge in [0, 0.05) is 18.5 Å². The Bertz CT molecular complexity index is 696. The highest BCUT2D eigenvalue weighted by Gasteiger charge is 2.10. The number of fused-ring (bicyclic) bond motifs is 1. The first kappa shape index (κ1) is 9.89. The minimum absolute atomic E-state index is 0.241. The zero-order valence-electron chi connectivity index (χ0n) is 9.24. The molecule has 0 fully saturated rings. The molecule has 5 heteroatoms. The number of rotatable bonds is 1. The van der Waals surface area contributed by atoms with Gasteiger partial charge in [0.25, 0.3) is 0 Å². The van der Waals surface area contributed by atoms with Crippen LogP contribution in [-0.2, 0) is 7.05 Å². The number of benzene rings is 1. The van der Waals surface area contributed by atoms with Gasteiger partial charge in [-0.2, -0.15) is 5.10 Å². The molecule has 0 bridgehead atoms. The zero-order valence-corrected chi connectivity index (χ0v) is 9.24. The van der Waals surface area contributed by atoms with Crippen LogP contribution in [0.2, 0.25) is 0 Å². The van der Waals surface area contributed by atoms with Crippen LogP contribution in [0.4, 0.5) is 10.2 Å². The topological polar surface area (TPSA) is 59.6 Å². The average Bonchev–Trinajstić information content (AvgIpc) is 2.84. The Balaban J connectivity index is 2.27. The van der Waals surface area contributed by atoms with Gasteiger partial charge < -0.3 is 10.3 Å². The van der Waals surface area contributed by atoms with E-state index < -0.39 is 0 Å². The normalized spacial score (nSPS) is 11.2. The zero-order chi connectivity index (χ0) is 12.0. The van der Waals surface area contributed by atoms with Crippen molar-refractivity contribution in [3.8, 4) is 11.4 Å². The summed E-state index contributed by atoms with van der Waals surface area (Å²) in [6.07, 6.45) is 0. The molecule has 0 aliphatic carbocycles. The smallest absolute Gasteiger partial charge is 0.145 e. The van der Waals surface area contributed by atoms with E-state index in [1.165, 1.54) is 12.1 Å². The van der Waals surface area contributed by atoms with E-state index in [1.54, 1.807) is 12.1 Å². The second kappa shape index (κ2) is 3.35. The van der Waals surface area contributed by atoms with Crippen molar-refractivity contribution in [1.29, 1.82) is 0 Å². The summed E-state index contributed by atoms with van der Waals surface area (Å²) in [4.78, 5) is 0. The van der Waals surface area contributed by atoms with Gasteiger partial charge >= 0.3 is 0 Å². The van der Waals surface area contributed by atoms with Gasteiger partial charge in [-0.25, -0.2) is 4.39 Å². The monoisotopic (exact) mass is 230 g/mol. The third kappa shape index (κ3) is 1.47. The van der Waals surface area contributed by atoms with Crippen molar-refractivity contribution in [3.63, 3.8) is 0 Å². The van der Waals surface area contributed by atoms with Gasteiger partial charge in [-0.15, -0.1) is 0 Å². The van der Waals surface area contributed by atoms with Crippen LogP contribution in [0.1, 0.15) is 0 Å². The Morgan fingerprint density at radius 3 is 2.82 bits per heavy atom. The molecule has 3 rings (SSSR count). The van der Waals surface area contributed by atoms with E-state index in [1.807, 2.05) is 17.7 Å². The first-order chi connectivity index (χ1) is 8.15. The maximum atomic E-state index is 13.2. The van der Waals surface area contributed by atoms with Gasteiger partial charge in [-0.3, -0.25) is 5.10 Å². The molecule has 0 amide bonds. The maximum absolute atomic E-state index is 13.2. The number of nitrogen functional groups attached to an aromatic ring is 1. The van der Waals surface area contributed by atoms with Gasteiger partial charge in [0.1, 0.15) is 11.6 Å². The Hall–Kier alpha value is -2.30. The highest BCUT2D eigenvalue weighted by molar-refractivity contribution is 5.86. The molecule has 1 aromatic carbocycles. The molecule has 3 N–H and O–H groups in total. The fourth-order valence-corrected chi connectivity index (χ4v) is 2.03. The van der Waals surface area contributed by atoms with Crippen LogP contribution in [-0.4, -0.2) is 14.8 Å². The van der Waals surface area contributed by atoms with Crippen LogP contribution in [0.15, 0.2) is 30.3 Å². The van der Waals surface area contributed by atoms with Crippen LogP contribution in [0, 0.1) is 5.82 Å². The quantitative estimate of drug-likeness (QED) is 0.673. The van der Waals surface area contributed by atoms with E-state index in [4.69, 9.17) is 5.73 Å². The molecular weight excluding hydrogens is 219 g/mol. The van der Waals surface area contributed by atoms with Gasteiger partial charge in [0.05, 0.1) is 16.9 Å². The molecule has 4 nitrogen and oxygen atoms in total. The summed E-state index contributed by atoms with van der Waals surface area (Å²) < 4.78 is 15.1. The summed E-state index contributed by atoms with van der Waals surface area (Å²) in [5.41, 5.74) is 8.16. The third-order valence-corrected chi connectivity index (χ3v) is 2.88. The standard InChI is InChI=1S/C12H11FN4/c1-17-10-5-8(13)3-2-7(10)4-11(17)9-6-12(14)16-15-9/h2-6H,1H3,(H3,14,15,16). The van der Waals surface area contributed by atoms with Crippen molar-refractivity contribution in [2.45, 2.75) is 0 Å². The van der Waals surface area contributed by atoms with E-state index in [9.17, 15) is 4.39 Å². The second-order valence-electron chi connectivity index (χ2n) is 4.00. The molecule has 0 aliphatic heterocycles. The van der Waals surface area contributed by atoms with Crippen molar-refractivity contribution < 1.29 is 4.39 Å². The molecule has 3 aromatic rings. The molecule has 86 valence electrons. The summed E-state index contributed by atoms with van der Waals surface area (Å²) in [5, 5.41) is 7.72. The van der Waals surface area contributed by atoms with Crippen molar-refractivity contribution in [3.05, 3.63) is 36.1 Å². The highest BCUT2D eigenvalue weighted by atomic mass is 19.1. The number of hydrogen-bond donors (Lipinski definition) is 2. The number of aryl methyl sites for hydroxylation is 1. The molecule has 0 spiro atoms. The van der Waals surface area contributed by atoms with Crippen molar-refractivity contribution >= 4 is 16.7 Å². The summed E-state index contributed by atoms with van der Waals surface area (Å²) in [6.45, 7) is 0. The number of halogens is 1. The molecule has 0 saturated carbocycles. The third-order valence-electron chi connectivity index (χ3n) is 2.88. The van der Waals surface area contributed by atoms with E-state index >= 15 is 0 Å². The molecule has 2 aromatic heterocycles. The number of nitrogens with one attached hydrogen (secondary N) is 1. The molecule has 2 heterocycles. The predicted octanol–water partition coefficient (Wildman–Crippen LogP) is 2.29. The fourth-order valence-electron chi connectivity index (χ4n) is 2.03. The number of aromatic nitrogens is 3. The van der Waals surface area contributed by atoms with E-state index in [-0.39, 0.29) is 5.82 Å². The summed E-state index contributed by atoms with van der Waals surface area (Å²) in [5.74, 6) is 0.200. The number of hydrogen-bond acceptors (Lipinski definition) is 2. The lowest BCUT2D eigenvalue weighted by atomic mass is 10.2. The number of nitrogens with two attached hydrogens (primary N) is 1. The summed E-state index contributed by atoms with van der Waals surface area (Å²) >= 11 is 0. The van der Waals surface area contributed by atoms with Crippen LogP contribution in [0.5, 0.6) is 0 Å². The molecule has 0 atom stereocenters. The lowest BCUT2D eigenvalue weighted by Crippen LogP contribution is -1.91. The lowest BCUT2D eigenvalue weighted by Gasteiger charge is -2.01. The van der Waals surface area contributed by atoms with Crippen molar-refractivity contribution in [1.82, 2.24) is 14.8 Å².